The highest BCUT2D eigenvalue weighted by atomic mass is 32.2. The molecule has 0 saturated carbocycles. The molecule has 44 heavy (non-hydrogen) atoms. The van der Waals surface area contributed by atoms with Gasteiger partial charge in [-0.25, -0.2) is 4.90 Å². The van der Waals surface area contributed by atoms with Gasteiger partial charge in [-0.15, -0.1) is 0 Å². The van der Waals surface area contributed by atoms with E-state index in [1.54, 1.807) is 18.2 Å². The average molecular weight is 627 g/mol. The van der Waals surface area contributed by atoms with Crippen molar-refractivity contribution in [2.24, 2.45) is 5.92 Å². The van der Waals surface area contributed by atoms with Crippen molar-refractivity contribution in [3.63, 3.8) is 0 Å². The molecule has 3 amide bonds. The lowest BCUT2D eigenvalue weighted by Gasteiger charge is -2.31. The molecular weight excluding hydrogens is 593 g/mol. The Bertz CT molecular complexity index is 1790. The molecule has 1 fully saturated rings. The predicted molar refractivity (Wildman–Crippen MR) is 177 cm³/mol. The molecule has 0 spiro atoms. The van der Waals surface area contributed by atoms with Crippen LogP contribution in [0.1, 0.15) is 41.3 Å². The van der Waals surface area contributed by atoms with Crippen LogP contribution in [0.5, 0.6) is 0 Å². The Balaban J connectivity index is 1.41. The van der Waals surface area contributed by atoms with Gasteiger partial charge in [0, 0.05) is 35.3 Å². The van der Waals surface area contributed by atoms with Gasteiger partial charge in [0.25, 0.3) is 0 Å². The van der Waals surface area contributed by atoms with Crippen molar-refractivity contribution in [1.82, 2.24) is 4.57 Å². The number of benzene rings is 3. The summed E-state index contributed by atoms with van der Waals surface area (Å²) in [5, 5.41) is 2.73. The monoisotopic (exact) mass is 626 g/mol. The first-order chi connectivity index (χ1) is 21.2. The molecule has 0 unspecified atom stereocenters. The highest BCUT2D eigenvalue weighted by Gasteiger charge is 2.56. The fraction of sp³-hybridized carbons (Fsp3) is 0.294. The number of anilines is 3. The van der Waals surface area contributed by atoms with E-state index in [2.05, 4.69) is 24.1 Å². The van der Waals surface area contributed by atoms with Gasteiger partial charge in [-0.05, 0) is 75.2 Å². The van der Waals surface area contributed by atoms with Gasteiger partial charge in [-0.3, -0.25) is 23.7 Å². The number of amides is 3. The molecule has 2 aliphatic heterocycles. The van der Waals surface area contributed by atoms with Crippen LogP contribution in [0.15, 0.2) is 82.6 Å². The Hall–Kier alpha value is -4.15. The number of carbonyl (C=O) groups excluding carboxylic acids is 3. The molecule has 2 aliphatic rings. The molecule has 1 saturated heterocycles. The summed E-state index contributed by atoms with van der Waals surface area (Å²) in [7, 11) is 0. The van der Waals surface area contributed by atoms with Gasteiger partial charge in [-0.2, -0.15) is 0 Å². The number of aryl methyl sites for hydroxylation is 2. The van der Waals surface area contributed by atoms with Crippen LogP contribution in [0.25, 0.3) is 0 Å². The Morgan fingerprint density at radius 1 is 0.886 bits per heavy atom. The van der Waals surface area contributed by atoms with Crippen LogP contribution in [0, 0.1) is 19.8 Å². The summed E-state index contributed by atoms with van der Waals surface area (Å²) in [4.78, 5) is 58.6. The van der Waals surface area contributed by atoms with Crippen LogP contribution in [-0.2, 0) is 20.9 Å². The van der Waals surface area contributed by atoms with Crippen molar-refractivity contribution in [1.29, 1.82) is 0 Å². The second-order valence-corrected chi connectivity index (χ2v) is 13.3. The fourth-order valence-electron chi connectivity index (χ4n) is 6.11. The molecule has 4 aromatic rings. The van der Waals surface area contributed by atoms with E-state index in [0.717, 1.165) is 46.8 Å². The fourth-order valence-corrected chi connectivity index (χ4v) is 8.88. The molecule has 0 radical (unpaired) electrons. The molecule has 226 valence electrons. The van der Waals surface area contributed by atoms with Crippen LogP contribution in [0.4, 0.5) is 17.1 Å². The normalized spacial score (nSPS) is 19.1. The van der Waals surface area contributed by atoms with Gasteiger partial charge in [0.1, 0.15) is 11.8 Å². The number of thiazole rings is 1. The van der Waals surface area contributed by atoms with E-state index < -0.39 is 17.1 Å². The molecule has 1 aromatic heterocycles. The van der Waals surface area contributed by atoms with E-state index >= 15 is 0 Å². The van der Waals surface area contributed by atoms with Crippen LogP contribution in [0.3, 0.4) is 0 Å². The number of carbonyl (C=O) groups is 3. The molecule has 0 bridgehead atoms. The van der Waals surface area contributed by atoms with Crippen LogP contribution in [0.2, 0.25) is 0 Å². The second kappa shape index (κ2) is 12.1. The van der Waals surface area contributed by atoms with Gasteiger partial charge in [0.2, 0.25) is 17.7 Å². The lowest BCUT2D eigenvalue weighted by Crippen LogP contribution is -2.33. The third-order valence-corrected chi connectivity index (χ3v) is 10.9. The van der Waals surface area contributed by atoms with Crippen molar-refractivity contribution in [3.05, 3.63) is 104 Å². The van der Waals surface area contributed by atoms with Crippen molar-refractivity contribution in [2.45, 2.75) is 50.4 Å². The quantitative estimate of drug-likeness (QED) is 0.249. The molecule has 0 aliphatic carbocycles. The van der Waals surface area contributed by atoms with E-state index in [1.165, 1.54) is 21.2 Å². The van der Waals surface area contributed by atoms with Gasteiger partial charge in [0.15, 0.2) is 0 Å². The maximum absolute atomic E-state index is 14.1. The average Bonchev–Trinajstić information content (AvgIpc) is 3.45. The van der Waals surface area contributed by atoms with Crippen LogP contribution >= 0.6 is 23.1 Å². The van der Waals surface area contributed by atoms with Crippen LogP contribution < -0.4 is 20.0 Å². The highest BCUT2D eigenvalue weighted by Crippen LogP contribution is 2.54. The summed E-state index contributed by atoms with van der Waals surface area (Å²) in [5.74, 6) is -2.11. The number of rotatable bonds is 8. The molecule has 1 N–H and O–H groups in total. The van der Waals surface area contributed by atoms with Crippen molar-refractivity contribution < 1.29 is 14.4 Å². The molecule has 3 aromatic carbocycles. The largest absolute Gasteiger partial charge is 0.372 e. The highest BCUT2D eigenvalue weighted by molar-refractivity contribution is 8.00. The minimum Gasteiger partial charge on any atom is -0.372 e. The topological polar surface area (TPSA) is 91.7 Å². The SMILES string of the molecule is CCN(CC)c1ccc([C@@H]2c3sc(=O)n(CC(=O)Nc4cccc(C)c4)c3S[C@H]3C(=O)N(c4ccc(C)cc4)C(=O)[C@@H]23)cc1. The number of nitrogens with one attached hydrogen (secondary N) is 1. The summed E-state index contributed by atoms with van der Waals surface area (Å²) >= 11 is 2.28. The standard InChI is InChI=1S/C34H34N4O4S2/c1-5-36(6-2)24-16-12-22(13-17-24)27-28-29(32(41)38(31(28)40)25-14-10-20(3)11-15-25)43-33-30(27)44-34(42)37(33)19-26(39)35-23-9-7-8-21(4)18-23/h7-18,27-29H,5-6,19H2,1-4H3,(H,35,39)/t27-,28-,29+/m0/s1. The first kappa shape index (κ1) is 29.9. The Labute approximate surface area is 264 Å². The number of imide groups is 1. The molecule has 10 heteroatoms. The number of nitrogens with zero attached hydrogens (tertiary/aromatic N) is 3. The second-order valence-electron chi connectivity index (χ2n) is 11.2. The smallest absolute Gasteiger partial charge is 0.308 e. The Kier molecular flexibility index (Phi) is 8.22. The van der Waals surface area contributed by atoms with Gasteiger partial charge >= 0.3 is 4.87 Å². The van der Waals surface area contributed by atoms with E-state index in [9.17, 15) is 19.2 Å². The first-order valence-corrected chi connectivity index (χ1v) is 16.5. The Morgan fingerprint density at radius 2 is 1.59 bits per heavy atom. The van der Waals surface area contributed by atoms with E-state index in [4.69, 9.17) is 0 Å². The maximum Gasteiger partial charge on any atom is 0.308 e. The first-order valence-electron chi connectivity index (χ1n) is 14.8. The number of hydrogen-bond acceptors (Lipinski definition) is 7. The maximum atomic E-state index is 14.1. The number of aromatic nitrogens is 1. The van der Waals surface area contributed by atoms with Crippen molar-refractivity contribution in [3.8, 4) is 0 Å². The minimum atomic E-state index is -0.733. The molecule has 6 rings (SSSR count). The minimum absolute atomic E-state index is 0.194. The molecule has 3 atom stereocenters. The number of thioether (sulfide) groups is 1. The zero-order valence-electron chi connectivity index (χ0n) is 25.1. The van der Waals surface area contributed by atoms with Crippen molar-refractivity contribution >= 4 is 57.9 Å². The summed E-state index contributed by atoms with van der Waals surface area (Å²) in [6, 6.07) is 22.9. The van der Waals surface area contributed by atoms with Gasteiger partial charge in [-0.1, -0.05) is 65.1 Å². The van der Waals surface area contributed by atoms with E-state index in [1.807, 2.05) is 68.4 Å². The zero-order valence-corrected chi connectivity index (χ0v) is 26.7. The van der Waals surface area contributed by atoms with E-state index in [-0.39, 0.29) is 29.1 Å². The molecule has 3 heterocycles. The van der Waals surface area contributed by atoms with Crippen LogP contribution in [-0.4, -0.2) is 40.6 Å². The zero-order chi connectivity index (χ0) is 31.1. The van der Waals surface area contributed by atoms with E-state index in [0.29, 0.717) is 21.3 Å². The summed E-state index contributed by atoms with van der Waals surface area (Å²) in [6.07, 6.45) is 0. The third-order valence-electron chi connectivity index (χ3n) is 8.33. The third kappa shape index (κ3) is 5.37. The Morgan fingerprint density at radius 3 is 2.25 bits per heavy atom. The van der Waals surface area contributed by atoms with Gasteiger partial charge < -0.3 is 10.2 Å². The summed E-state index contributed by atoms with van der Waals surface area (Å²) < 4.78 is 1.45. The van der Waals surface area contributed by atoms with Gasteiger partial charge in [0.05, 0.1) is 16.6 Å². The molecular formula is C34H34N4O4S2. The summed E-state index contributed by atoms with van der Waals surface area (Å²) in [5.41, 5.74) is 5.15. The number of hydrogen-bond donors (Lipinski definition) is 1. The van der Waals surface area contributed by atoms with Crippen molar-refractivity contribution in [2.75, 3.05) is 28.2 Å². The molecule has 8 nitrogen and oxygen atoms in total. The summed E-state index contributed by atoms with van der Waals surface area (Å²) in [6.45, 7) is 9.63. The number of fused-ring (bicyclic) bond motifs is 2. The predicted octanol–water partition coefficient (Wildman–Crippen LogP) is 5.81. The lowest BCUT2D eigenvalue weighted by molar-refractivity contribution is -0.122. The lowest BCUT2D eigenvalue weighted by atomic mass is 9.83.